The number of halogens is 1. The van der Waals surface area contributed by atoms with Gasteiger partial charge in [0.05, 0.1) is 15.9 Å². The van der Waals surface area contributed by atoms with Crippen LogP contribution in [-0.2, 0) is 13.6 Å². The Morgan fingerprint density at radius 1 is 1.15 bits per heavy atom. The minimum absolute atomic E-state index is 0.526. The van der Waals surface area contributed by atoms with Crippen molar-refractivity contribution in [2.75, 3.05) is 0 Å². The maximum absolute atomic E-state index is 4.40. The maximum atomic E-state index is 4.40. The van der Waals surface area contributed by atoms with Gasteiger partial charge in [-0.3, -0.25) is 4.68 Å². The Morgan fingerprint density at radius 2 is 1.90 bits per heavy atom. The highest BCUT2D eigenvalue weighted by atomic mass is 79.9. The van der Waals surface area contributed by atoms with E-state index in [-0.39, 0.29) is 0 Å². The summed E-state index contributed by atoms with van der Waals surface area (Å²) in [6.45, 7) is 2.48. The standard InChI is InChI=1S/C13H13BrN6/c1-9-12(14)11(19(2)16-9)8-20-17-13(15-18-20)10-6-4-3-5-7-10/h3-7H,8H2,1-2H3. The number of hydrogen-bond donors (Lipinski definition) is 0. The molecule has 3 rings (SSSR count). The molecule has 0 amide bonds. The lowest BCUT2D eigenvalue weighted by molar-refractivity contribution is 0.541. The van der Waals surface area contributed by atoms with Crippen molar-refractivity contribution < 1.29 is 0 Å². The maximum Gasteiger partial charge on any atom is 0.204 e. The number of nitrogens with zero attached hydrogens (tertiary/aromatic N) is 6. The first-order valence-corrected chi connectivity index (χ1v) is 6.95. The molecule has 2 heterocycles. The lowest BCUT2D eigenvalue weighted by atomic mass is 10.2. The van der Waals surface area contributed by atoms with Crippen LogP contribution in [0.3, 0.4) is 0 Å². The third-order valence-electron chi connectivity index (χ3n) is 3.04. The number of benzene rings is 1. The zero-order valence-electron chi connectivity index (χ0n) is 11.2. The summed E-state index contributed by atoms with van der Waals surface area (Å²) in [6.07, 6.45) is 0. The van der Waals surface area contributed by atoms with Gasteiger partial charge in [0.15, 0.2) is 0 Å². The van der Waals surface area contributed by atoms with E-state index in [1.807, 2.05) is 49.0 Å². The molecule has 20 heavy (non-hydrogen) atoms. The molecule has 2 aromatic heterocycles. The van der Waals surface area contributed by atoms with E-state index in [0.29, 0.717) is 12.4 Å². The van der Waals surface area contributed by atoms with Gasteiger partial charge in [-0.15, -0.1) is 10.2 Å². The second-order valence-electron chi connectivity index (χ2n) is 4.48. The van der Waals surface area contributed by atoms with Crippen LogP contribution in [0.2, 0.25) is 0 Å². The molecule has 3 aromatic rings. The van der Waals surface area contributed by atoms with Crippen LogP contribution in [0.25, 0.3) is 11.4 Å². The van der Waals surface area contributed by atoms with Crippen LogP contribution in [0.4, 0.5) is 0 Å². The minimum atomic E-state index is 0.526. The van der Waals surface area contributed by atoms with Crippen LogP contribution in [0.15, 0.2) is 34.8 Å². The fourth-order valence-electron chi connectivity index (χ4n) is 2.00. The zero-order valence-corrected chi connectivity index (χ0v) is 12.7. The van der Waals surface area contributed by atoms with Crippen molar-refractivity contribution >= 4 is 15.9 Å². The number of aromatic nitrogens is 6. The Kier molecular flexibility index (Phi) is 3.35. The van der Waals surface area contributed by atoms with Crippen molar-refractivity contribution in [1.82, 2.24) is 30.0 Å². The van der Waals surface area contributed by atoms with Gasteiger partial charge in [-0.05, 0) is 28.1 Å². The molecule has 7 heteroatoms. The van der Waals surface area contributed by atoms with Crippen molar-refractivity contribution in [1.29, 1.82) is 0 Å². The molecule has 0 aliphatic heterocycles. The molecule has 0 fully saturated rings. The smallest absolute Gasteiger partial charge is 0.204 e. The molecule has 0 saturated heterocycles. The largest absolute Gasteiger partial charge is 0.269 e. The first-order chi connectivity index (χ1) is 9.65. The van der Waals surface area contributed by atoms with Gasteiger partial charge in [0, 0.05) is 12.6 Å². The van der Waals surface area contributed by atoms with E-state index in [0.717, 1.165) is 21.4 Å². The Balaban J connectivity index is 1.88. The molecule has 6 nitrogen and oxygen atoms in total. The van der Waals surface area contributed by atoms with Gasteiger partial charge in [0.25, 0.3) is 0 Å². The summed E-state index contributed by atoms with van der Waals surface area (Å²) in [5, 5.41) is 16.9. The van der Waals surface area contributed by atoms with Gasteiger partial charge >= 0.3 is 0 Å². The third-order valence-corrected chi connectivity index (χ3v) is 4.07. The van der Waals surface area contributed by atoms with Gasteiger partial charge in [-0.25, -0.2) is 0 Å². The second kappa shape index (κ2) is 5.16. The molecular formula is C13H13BrN6. The molecule has 0 N–H and O–H groups in total. The Labute approximate surface area is 124 Å². The van der Waals surface area contributed by atoms with Gasteiger partial charge in [-0.1, -0.05) is 30.3 Å². The molecule has 0 aliphatic carbocycles. The highest BCUT2D eigenvalue weighted by Gasteiger charge is 2.13. The summed E-state index contributed by atoms with van der Waals surface area (Å²) >= 11 is 3.54. The van der Waals surface area contributed by atoms with Crippen molar-refractivity contribution in [2.45, 2.75) is 13.5 Å². The highest BCUT2D eigenvalue weighted by Crippen LogP contribution is 2.21. The Bertz CT molecular complexity index is 731. The average molecular weight is 333 g/mol. The van der Waals surface area contributed by atoms with Gasteiger partial charge in [-0.2, -0.15) is 9.90 Å². The Morgan fingerprint density at radius 3 is 2.55 bits per heavy atom. The second-order valence-corrected chi connectivity index (χ2v) is 5.27. The number of rotatable bonds is 3. The molecular weight excluding hydrogens is 320 g/mol. The molecule has 0 radical (unpaired) electrons. The highest BCUT2D eigenvalue weighted by molar-refractivity contribution is 9.10. The summed E-state index contributed by atoms with van der Waals surface area (Å²) in [6, 6.07) is 9.80. The van der Waals surface area contributed by atoms with E-state index in [9.17, 15) is 0 Å². The van der Waals surface area contributed by atoms with Crippen LogP contribution in [0.1, 0.15) is 11.4 Å². The summed E-state index contributed by atoms with van der Waals surface area (Å²) in [5.41, 5.74) is 2.92. The monoisotopic (exact) mass is 332 g/mol. The van der Waals surface area contributed by atoms with Crippen LogP contribution >= 0.6 is 15.9 Å². The quantitative estimate of drug-likeness (QED) is 0.737. The molecule has 0 saturated carbocycles. The number of aryl methyl sites for hydroxylation is 2. The van der Waals surface area contributed by atoms with Gasteiger partial charge in [0.1, 0.15) is 6.54 Å². The molecule has 1 aromatic carbocycles. The van der Waals surface area contributed by atoms with Crippen LogP contribution in [0, 0.1) is 6.92 Å². The van der Waals surface area contributed by atoms with E-state index in [4.69, 9.17) is 0 Å². The summed E-state index contributed by atoms with van der Waals surface area (Å²) < 4.78 is 2.81. The first-order valence-electron chi connectivity index (χ1n) is 6.16. The predicted octanol–water partition coefficient (Wildman–Crippen LogP) is 2.19. The molecule has 0 atom stereocenters. The first kappa shape index (κ1) is 13.0. The van der Waals surface area contributed by atoms with Crippen LogP contribution in [0.5, 0.6) is 0 Å². The number of tetrazole rings is 1. The van der Waals surface area contributed by atoms with Gasteiger partial charge < -0.3 is 0 Å². The predicted molar refractivity (Wildman–Crippen MR) is 78.0 cm³/mol. The van der Waals surface area contributed by atoms with E-state index < -0.39 is 0 Å². The molecule has 0 spiro atoms. The third kappa shape index (κ3) is 2.36. The number of hydrogen-bond acceptors (Lipinski definition) is 4. The van der Waals surface area contributed by atoms with Crippen molar-refractivity contribution in [3.63, 3.8) is 0 Å². The molecule has 0 bridgehead atoms. The van der Waals surface area contributed by atoms with Crippen molar-refractivity contribution in [2.24, 2.45) is 7.05 Å². The molecule has 0 unspecified atom stereocenters. The molecule has 0 aliphatic rings. The van der Waals surface area contributed by atoms with E-state index >= 15 is 0 Å². The fourth-order valence-corrected chi connectivity index (χ4v) is 2.46. The van der Waals surface area contributed by atoms with E-state index in [2.05, 4.69) is 36.4 Å². The van der Waals surface area contributed by atoms with E-state index in [1.165, 1.54) is 0 Å². The lowest BCUT2D eigenvalue weighted by Crippen LogP contribution is -2.09. The molecule has 102 valence electrons. The van der Waals surface area contributed by atoms with Crippen LogP contribution in [-0.4, -0.2) is 30.0 Å². The van der Waals surface area contributed by atoms with Crippen molar-refractivity contribution in [3.8, 4) is 11.4 Å². The summed E-state index contributed by atoms with van der Waals surface area (Å²) in [7, 11) is 1.90. The topological polar surface area (TPSA) is 61.4 Å². The normalized spacial score (nSPS) is 10.9. The van der Waals surface area contributed by atoms with E-state index in [1.54, 1.807) is 4.80 Å². The Hall–Kier alpha value is -2.02. The summed E-state index contributed by atoms with van der Waals surface area (Å²) in [5.74, 6) is 0.626. The average Bonchev–Trinajstić information content (AvgIpc) is 3.01. The zero-order chi connectivity index (χ0) is 14.1. The summed E-state index contributed by atoms with van der Waals surface area (Å²) in [4.78, 5) is 1.57. The fraction of sp³-hybridized carbons (Fsp3) is 0.231. The lowest BCUT2D eigenvalue weighted by Gasteiger charge is -2.01. The minimum Gasteiger partial charge on any atom is -0.269 e. The van der Waals surface area contributed by atoms with Gasteiger partial charge in [0.2, 0.25) is 5.82 Å². The van der Waals surface area contributed by atoms with Crippen LogP contribution < -0.4 is 0 Å². The SMILES string of the molecule is Cc1nn(C)c(Cn2nnc(-c3ccccc3)n2)c1Br. The van der Waals surface area contributed by atoms with Crippen molar-refractivity contribution in [3.05, 3.63) is 46.2 Å².